The molecule has 8 nitrogen and oxygen atoms in total. The van der Waals surface area contributed by atoms with Gasteiger partial charge in [-0.15, -0.1) is 0 Å². The summed E-state index contributed by atoms with van der Waals surface area (Å²) in [6.07, 6.45) is 1.95. The van der Waals surface area contributed by atoms with E-state index in [4.69, 9.17) is 4.74 Å². The summed E-state index contributed by atoms with van der Waals surface area (Å²) in [6.45, 7) is 1.74. The molecule has 0 fully saturated rings. The number of rotatable bonds is 6. The van der Waals surface area contributed by atoms with Crippen molar-refractivity contribution in [2.24, 2.45) is 16.1 Å². The van der Waals surface area contributed by atoms with Crippen molar-refractivity contribution in [1.82, 2.24) is 10.9 Å². The second-order valence-electron chi connectivity index (χ2n) is 5.04. The van der Waals surface area contributed by atoms with Crippen molar-refractivity contribution in [2.75, 3.05) is 7.11 Å². The highest BCUT2D eigenvalue weighted by atomic mass is 16.5. The van der Waals surface area contributed by atoms with Crippen LogP contribution in [0.3, 0.4) is 0 Å². The highest BCUT2D eigenvalue weighted by Gasteiger charge is 2.26. The molecule has 1 aliphatic heterocycles. The van der Waals surface area contributed by atoms with Gasteiger partial charge in [-0.3, -0.25) is 9.59 Å². The molecule has 122 valence electrons. The Morgan fingerprint density at radius 1 is 1.57 bits per heavy atom. The molecule has 1 aliphatic rings. The monoisotopic (exact) mass is 318 g/mol. The zero-order valence-corrected chi connectivity index (χ0v) is 12.9. The van der Waals surface area contributed by atoms with E-state index >= 15 is 0 Å². The Balaban J connectivity index is 1.81. The van der Waals surface area contributed by atoms with Crippen molar-refractivity contribution in [1.29, 1.82) is 0 Å². The van der Waals surface area contributed by atoms with Gasteiger partial charge in [-0.25, -0.2) is 10.9 Å². The molecule has 0 saturated heterocycles. The molecule has 0 unspecified atom stereocenters. The predicted octanol–water partition coefficient (Wildman–Crippen LogP) is 0.753. The zero-order chi connectivity index (χ0) is 16.8. The molecule has 1 atom stereocenters. The van der Waals surface area contributed by atoms with Gasteiger partial charge in [-0.2, -0.15) is 10.2 Å². The van der Waals surface area contributed by atoms with E-state index in [-0.39, 0.29) is 29.9 Å². The molecular weight excluding hydrogens is 300 g/mol. The third-order valence-electron chi connectivity index (χ3n) is 3.43. The van der Waals surface area contributed by atoms with Crippen LogP contribution in [0.2, 0.25) is 0 Å². The second-order valence-corrected chi connectivity index (χ2v) is 5.04. The first kappa shape index (κ1) is 16.5. The van der Waals surface area contributed by atoms with Crippen LogP contribution in [-0.2, 0) is 9.59 Å². The van der Waals surface area contributed by atoms with Crippen LogP contribution in [0.5, 0.6) is 11.5 Å². The number of benzene rings is 1. The second kappa shape index (κ2) is 7.39. The fourth-order valence-corrected chi connectivity index (χ4v) is 2.13. The minimum atomic E-state index is -0.358. The standard InChI is InChI=1S/C15H18N4O4/c1-9-11(15(22)19-17-9)4-6-14(21)18-16-8-10-3-5-13(23-2)12(20)7-10/h3,5,7-8,11,20H,4,6H2,1-2H3,(H,18,21)(H,19,22)/b16-8-/t11-/m1/s1. The third kappa shape index (κ3) is 4.29. The molecule has 3 N–H and O–H groups in total. The van der Waals surface area contributed by atoms with Crippen molar-refractivity contribution in [3.8, 4) is 11.5 Å². The minimum absolute atomic E-state index is 0.00946. The number of nitrogens with one attached hydrogen (secondary N) is 2. The summed E-state index contributed by atoms with van der Waals surface area (Å²) < 4.78 is 4.93. The maximum Gasteiger partial charge on any atom is 0.248 e. The number of hydrazone groups is 2. The van der Waals surface area contributed by atoms with Crippen LogP contribution in [0.1, 0.15) is 25.3 Å². The SMILES string of the molecule is COc1ccc(/C=N\NC(=O)CC[C@H]2C(=O)NN=C2C)cc1O. The summed E-state index contributed by atoms with van der Waals surface area (Å²) in [4.78, 5) is 23.2. The summed E-state index contributed by atoms with van der Waals surface area (Å²) in [5.74, 6) is -0.495. The highest BCUT2D eigenvalue weighted by molar-refractivity contribution is 6.07. The first-order chi connectivity index (χ1) is 11.0. The first-order valence-electron chi connectivity index (χ1n) is 7.04. The number of carbonyl (C=O) groups excluding carboxylic acids is 2. The Morgan fingerprint density at radius 2 is 2.35 bits per heavy atom. The van der Waals surface area contributed by atoms with E-state index in [0.717, 1.165) is 0 Å². The number of phenols is 1. The molecule has 0 aromatic heterocycles. The summed E-state index contributed by atoms with van der Waals surface area (Å²) in [6, 6.07) is 4.76. The van der Waals surface area contributed by atoms with Crippen LogP contribution in [-0.4, -0.2) is 36.0 Å². The van der Waals surface area contributed by atoms with E-state index in [9.17, 15) is 14.7 Å². The van der Waals surface area contributed by atoms with Crippen LogP contribution in [0.15, 0.2) is 28.4 Å². The average Bonchev–Trinajstić information content (AvgIpc) is 2.84. The van der Waals surface area contributed by atoms with Gasteiger partial charge in [0.05, 0.1) is 19.2 Å². The molecule has 2 amide bonds. The van der Waals surface area contributed by atoms with Crippen LogP contribution < -0.4 is 15.6 Å². The Kier molecular flexibility index (Phi) is 5.29. The molecule has 0 saturated carbocycles. The Hall–Kier alpha value is -2.90. The van der Waals surface area contributed by atoms with Crippen LogP contribution >= 0.6 is 0 Å². The van der Waals surface area contributed by atoms with Crippen LogP contribution in [0.4, 0.5) is 0 Å². The molecule has 0 spiro atoms. The Bertz CT molecular complexity index is 669. The van der Waals surface area contributed by atoms with Crippen LogP contribution in [0, 0.1) is 5.92 Å². The molecule has 1 aromatic carbocycles. The van der Waals surface area contributed by atoms with E-state index in [2.05, 4.69) is 21.1 Å². The number of methoxy groups -OCH3 is 1. The van der Waals surface area contributed by atoms with Gasteiger partial charge in [0.25, 0.3) is 0 Å². The lowest BCUT2D eigenvalue weighted by molar-refractivity contribution is -0.123. The molecule has 0 aliphatic carbocycles. The van der Waals surface area contributed by atoms with Gasteiger partial charge in [0.2, 0.25) is 11.8 Å². The Morgan fingerprint density at radius 3 is 2.96 bits per heavy atom. The normalized spacial score (nSPS) is 17.0. The maximum atomic E-state index is 11.7. The van der Waals surface area contributed by atoms with Gasteiger partial charge < -0.3 is 9.84 Å². The molecule has 0 bridgehead atoms. The molecule has 23 heavy (non-hydrogen) atoms. The molecule has 1 aromatic rings. The number of nitrogens with zero attached hydrogens (tertiary/aromatic N) is 2. The average molecular weight is 318 g/mol. The van der Waals surface area contributed by atoms with E-state index in [1.54, 1.807) is 19.1 Å². The topological polar surface area (TPSA) is 112 Å². The van der Waals surface area contributed by atoms with E-state index in [0.29, 0.717) is 23.4 Å². The predicted molar refractivity (Wildman–Crippen MR) is 84.4 cm³/mol. The molecule has 0 radical (unpaired) electrons. The van der Waals surface area contributed by atoms with E-state index in [1.807, 2.05) is 0 Å². The summed E-state index contributed by atoms with van der Waals surface area (Å²) in [7, 11) is 1.46. The quantitative estimate of drug-likeness (QED) is 0.531. The van der Waals surface area contributed by atoms with Gasteiger partial charge in [0, 0.05) is 12.1 Å². The number of hydrogen-bond acceptors (Lipinski definition) is 6. The van der Waals surface area contributed by atoms with Crippen molar-refractivity contribution >= 4 is 23.7 Å². The Labute approximate surface area is 133 Å². The number of hydrogen-bond donors (Lipinski definition) is 3. The van der Waals surface area contributed by atoms with Gasteiger partial charge in [0.15, 0.2) is 11.5 Å². The fourth-order valence-electron chi connectivity index (χ4n) is 2.13. The molecule has 8 heteroatoms. The molecule has 2 rings (SSSR count). The molecule has 1 heterocycles. The number of aromatic hydroxyl groups is 1. The fraction of sp³-hybridized carbons (Fsp3) is 0.333. The van der Waals surface area contributed by atoms with E-state index in [1.165, 1.54) is 19.4 Å². The van der Waals surface area contributed by atoms with Gasteiger partial charge in [0.1, 0.15) is 0 Å². The lowest BCUT2D eigenvalue weighted by atomic mass is 9.99. The summed E-state index contributed by atoms with van der Waals surface area (Å²) in [5.41, 5.74) is 6.05. The lowest BCUT2D eigenvalue weighted by Crippen LogP contribution is -2.25. The van der Waals surface area contributed by atoms with Gasteiger partial charge in [-0.05, 0) is 37.1 Å². The van der Waals surface area contributed by atoms with Crippen molar-refractivity contribution in [3.63, 3.8) is 0 Å². The van der Waals surface area contributed by atoms with Gasteiger partial charge >= 0.3 is 0 Å². The van der Waals surface area contributed by atoms with Crippen molar-refractivity contribution in [2.45, 2.75) is 19.8 Å². The summed E-state index contributed by atoms with van der Waals surface area (Å²) in [5, 5.41) is 17.3. The number of ether oxygens (including phenoxy) is 1. The highest BCUT2D eigenvalue weighted by Crippen LogP contribution is 2.25. The van der Waals surface area contributed by atoms with Crippen molar-refractivity contribution in [3.05, 3.63) is 23.8 Å². The van der Waals surface area contributed by atoms with Crippen LogP contribution in [0.25, 0.3) is 0 Å². The number of carbonyl (C=O) groups is 2. The smallest absolute Gasteiger partial charge is 0.248 e. The maximum absolute atomic E-state index is 11.7. The lowest BCUT2D eigenvalue weighted by Gasteiger charge is -2.06. The van der Waals surface area contributed by atoms with Gasteiger partial charge in [-0.1, -0.05) is 0 Å². The number of amides is 2. The molecular formula is C15H18N4O4. The summed E-state index contributed by atoms with van der Waals surface area (Å²) >= 11 is 0. The minimum Gasteiger partial charge on any atom is -0.504 e. The zero-order valence-electron chi connectivity index (χ0n) is 12.9. The third-order valence-corrected chi connectivity index (χ3v) is 3.43. The first-order valence-corrected chi connectivity index (χ1v) is 7.04. The number of phenolic OH excluding ortho intramolecular Hbond substituents is 1. The largest absolute Gasteiger partial charge is 0.504 e. The van der Waals surface area contributed by atoms with E-state index < -0.39 is 0 Å². The van der Waals surface area contributed by atoms with Crippen molar-refractivity contribution < 1.29 is 19.4 Å².